The van der Waals surface area contributed by atoms with Crippen molar-refractivity contribution in [2.24, 2.45) is 0 Å². The van der Waals surface area contributed by atoms with Crippen molar-refractivity contribution in [2.75, 3.05) is 18.2 Å². The molecule has 0 bridgehead atoms. The Bertz CT molecular complexity index is 320. The number of hydrogen-bond acceptors (Lipinski definition) is 3. The molecule has 0 saturated carbocycles. The van der Waals surface area contributed by atoms with Crippen molar-refractivity contribution in [3.05, 3.63) is 21.3 Å². The highest BCUT2D eigenvalue weighted by Gasteiger charge is 2.20. The SMILES string of the molecule is O=C(c1cc(Cl)cs1)N1CCSC1. The Kier molecular flexibility index (Phi) is 2.81. The van der Waals surface area contributed by atoms with E-state index < -0.39 is 0 Å². The van der Waals surface area contributed by atoms with Gasteiger partial charge in [0.15, 0.2) is 0 Å². The first-order valence-electron chi connectivity index (χ1n) is 3.88. The summed E-state index contributed by atoms with van der Waals surface area (Å²) in [7, 11) is 0. The van der Waals surface area contributed by atoms with Gasteiger partial charge in [0.25, 0.3) is 5.91 Å². The monoisotopic (exact) mass is 233 g/mol. The highest BCUT2D eigenvalue weighted by atomic mass is 35.5. The summed E-state index contributed by atoms with van der Waals surface area (Å²) in [6, 6.07) is 1.73. The van der Waals surface area contributed by atoms with Gasteiger partial charge >= 0.3 is 0 Å². The highest BCUT2D eigenvalue weighted by molar-refractivity contribution is 7.99. The van der Waals surface area contributed by atoms with Crippen molar-refractivity contribution in [3.63, 3.8) is 0 Å². The van der Waals surface area contributed by atoms with Gasteiger partial charge in [0.05, 0.1) is 15.8 Å². The number of halogens is 1. The Balaban J connectivity index is 2.12. The van der Waals surface area contributed by atoms with Crippen LogP contribution in [0.3, 0.4) is 0 Å². The van der Waals surface area contributed by atoms with Gasteiger partial charge in [0, 0.05) is 17.7 Å². The molecule has 1 aromatic rings. The van der Waals surface area contributed by atoms with Crippen LogP contribution < -0.4 is 0 Å². The van der Waals surface area contributed by atoms with E-state index >= 15 is 0 Å². The standard InChI is InChI=1S/C8H8ClNOS2/c9-6-3-7(13-4-6)8(11)10-1-2-12-5-10/h3-4H,1-2,5H2. The number of rotatable bonds is 1. The van der Waals surface area contributed by atoms with E-state index in [1.165, 1.54) is 11.3 Å². The maximum absolute atomic E-state index is 11.7. The van der Waals surface area contributed by atoms with Gasteiger partial charge in [-0.1, -0.05) is 11.6 Å². The zero-order chi connectivity index (χ0) is 9.26. The third kappa shape index (κ3) is 2.00. The van der Waals surface area contributed by atoms with Crippen LogP contribution in [-0.2, 0) is 0 Å². The molecule has 1 aliphatic rings. The van der Waals surface area contributed by atoms with Gasteiger partial charge in [-0.05, 0) is 6.07 Å². The number of amides is 1. The maximum Gasteiger partial charge on any atom is 0.264 e. The van der Waals surface area contributed by atoms with Gasteiger partial charge in [-0.3, -0.25) is 4.79 Å². The third-order valence-corrected chi connectivity index (χ3v) is 4.05. The molecule has 5 heteroatoms. The molecule has 1 fully saturated rings. The minimum absolute atomic E-state index is 0.113. The van der Waals surface area contributed by atoms with E-state index in [0.717, 1.165) is 23.1 Å². The van der Waals surface area contributed by atoms with Crippen molar-refractivity contribution >= 4 is 40.6 Å². The van der Waals surface area contributed by atoms with Gasteiger partial charge in [0.2, 0.25) is 0 Å². The van der Waals surface area contributed by atoms with Crippen molar-refractivity contribution < 1.29 is 4.79 Å². The molecule has 2 heterocycles. The molecule has 1 aliphatic heterocycles. The van der Waals surface area contributed by atoms with E-state index in [9.17, 15) is 4.79 Å². The molecule has 0 atom stereocenters. The van der Waals surface area contributed by atoms with E-state index in [4.69, 9.17) is 11.6 Å². The normalized spacial score (nSPS) is 16.5. The van der Waals surface area contributed by atoms with E-state index in [2.05, 4.69) is 0 Å². The molecule has 2 rings (SSSR count). The topological polar surface area (TPSA) is 20.3 Å². The van der Waals surface area contributed by atoms with Gasteiger partial charge in [-0.2, -0.15) is 0 Å². The minimum Gasteiger partial charge on any atom is -0.328 e. The average Bonchev–Trinajstić information content (AvgIpc) is 2.72. The first kappa shape index (κ1) is 9.37. The Labute approximate surface area is 89.9 Å². The summed E-state index contributed by atoms with van der Waals surface area (Å²) in [6.45, 7) is 0.860. The zero-order valence-electron chi connectivity index (χ0n) is 6.83. The molecular formula is C8H8ClNOS2. The summed E-state index contributed by atoms with van der Waals surface area (Å²) < 4.78 is 0. The van der Waals surface area contributed by atoms with Crippen LogP contribution in [0.2, 0.25) is 5.02 Å². The van der Waals surface area contributed by atoms with Crippen LogP contribution in [0.15, 0.2) is 11.4 Å². The van der Waals surface area contributed by atoms with E-state index in [1.807, 2.05) is 4.90 Å². The summed E-state index contributed by atoms with van der Waals surface area (Å²) in [6.07, 6.45) is 0. The summed E-state index contributed by atoms with van der Waals surface area (Å²) >= 11 is 8.95. The van der Waals surface area contributed by atoms with Crippen LogP contribution in [0.4, 0.5) is 0 Å². The highest BCUT2D eigenvalue weighted by Crippen LogP contribution is 2.23. The molecule has 0 unspecified atom stereocenters. The van der Waals surface area contributed by atoms with Crippen molar-refractivity contribution in [3.8, 4) is 0 Å². The first-order chi connectivity index (χ1) is 6.27. The fraction of sp³-hybridized carbons (Fsp3) is 0.375. The van der Waals surface area contributed by atoms with Gasteiger partial charge in [-0.25, -0.2) is 0 Å². The Hall–Kier alpha value is -0.190. The largest absolute Gasteiger partial charge is 0.328 e. The first-order valence-corrected chi connectivity index (χ1v) is 6.29. The van der Waals surface area contributed by atoms with Crippen molar-refractivity contribution in [2.45, 2.75) is 0 Å². The van der Waals surface area contributed by atoms with Crippen LogP contribution >= 0.6 is 34.7 Å². The number of nitrogens with zero attached hydrogens (tertiary/aromatic N) is 1. The predicted molar refractivity (Wildman–Crippen MR) is 57.7 cm³/mol. The van der Waals surface area contributed by atoms with E-state index in [-0.39, 0.29) is 5.91 Å². The minimum atomic E-state index is 0.113. The predicted octanol–water partition coefficient (Wildman–Crippen LogP) is 2.55. The lowest BCUT2D eigenvalue weighted by atomic mass is 10.4. The number of hydrogen-bond donors (Lipinski definition) is 0. The summed E-state index contributed by atoms with van der Waals surface area (Å²) in [5, 5.41) is 2.44. The quantitative estimate of drug-likeness (QED) is 0.743. The second kappa shape index (κ2) is 3.90. The van der Waals surface area contributed by atoms with Crippen LogP contribution in [-0.4, -0.2) is 29.0 Å². The molecule has 2 nitrogen and oxygen atoms in total. The van der Waals surface area contributed by atoms with Crippen molar-refractivity contribution in [1.82, 2.24) is 4.90 Å². The molecule has 0 aromatic carbocycles. The Morgan fingerprint density at radius 3 is 3.00 bits per heavy atom. The molecule has 0 spiro atoms. The zero-order valence-corrected chi connectivity index (χ0v) is 9.21. The summed E-state index contributed by atoms with van der Waals surface area (Å²) in [5.41, 5.74) is 0. The third-order valence-electron chi connectivity index (χ3n) is 1.82. The van der Waals surface area contributed by atoms with Crippen LogP contribution in [0.5, 0.6) is 0 Å². The van der Waals surface area contributed by atoms with Crippen LogP contribution in [0, 0.1) is 0 Å². The summed E-state index contributed by atoms with van der Waals surface area (Å²) in [5.74, 6) is 1.97. The van der Waals surface area contributed by atoms with Crippen LogP contribution in [0.1, 0.15) is 9.67 Å². The molecular weight excluding hydrogens is 226 g/mol. The number of thiophene rings is 1. The average molecular weight is 234 g/mol. The lowest BCUT2D eigenvalue weighted by molar-refractivity contribution is 0.0807. The number of carbonyl (C=O) groups is 1. The maximum atomic E-state index is 11.7. The van der Waals surface area contributed by atoms with Crippen LogP contribution in [0.25, 0.3) is 0 Å². The molecule has 0 N–H and O–H groups in total. The second-order valence-electron chi connectivity index (χ2n) is 2.74. The Morgan fingerprint density at radius 1 is 1.62 bits per heavy atom. The Morgan fingerprint density at radius 2 is 2.46 bits per heavy atom. The molecule has 0 aliphatic carbocycles. The molecule has 1 aromatic heterocycles. The van der Waals surface area contributed by atoms with Crippen molar-refractivity contribution in [1.29, 1.82) is 0 Å². The van der Waals surface area contributed by atoms with E-state index in [0.29, 0.717) is 5.02 Å². The molecule has 70 valence electrons. The van der Waals surface area contributed by atoms with Gasteiger partial charge < -0.3 is 4.90 Å². The summed E-state index contributed by atoms with van der Waals surface area (Å²) in [4.78, 5) is 14.3. The molecule has 0 radical (unpaired) electrons. The lowest BCUT2D eigenvalue weighted by Crippen LogP contribution is -2.26. The molecule has 1 amide bonds. The lowest BCUT2D eigenvalue weighted by Gasteiger charge is -2.12. The number of carbonyl (C=O) groups excluding carboxylic acids is 1. The van der Waals surface area contributed by atoms with E-state index in [1.54, 1.807) is 23.2 Å². The van der Waals surface area contributed by atoms with Gasteiger partial charge in [-0.15, -0.1) is 23.1 Å². The smallest absolute Gasteiger partial charge is 0.264 e. The fourth-order valence-electron chi connectivity index (χ4n) is 1.16. The number of thioether (sulfide) groups is 1. The molecule has 13 heavy (non-hydrogen) atoms. The second-order valence-corrected chi connectivity index (χ2v) is 5.16. The fourth-order valence-corrected chi connectivity index (χ4v) is 3.14. The van der Waals surface area contributed by atoms with Gasteiger partial charge in [0.1, 0.15) is 0 Å². The molecule has 1 saturated heterocycles.